The summed E-state index contributed by atoms with van der Waals surface area (Å²) in [6.45, 7) is 3.73. The molecule has 0 aliphatic carbocycles. The van der Waals surface area contributed by atoms with E-state index in [0.717, 1.165) is 21.6 Å². The van der Waals surface area contributed by atoms with E-state index >= 15 is 0 Å². The predicted octanol–water partition coefficient (Wildman–Crippen LogP) is 2.43. The third-order valence-corrected chi connectivity index (χ3v) is 4.63. The Labute approximate surface area is 166 Å². The molecule has 0 unspecified atom stereocenters. The number of halogens is 1. The Morgan fingerprint density at radius 1 is 1.10 bits per heavy atom. The molecule has 0 fully saturated rings. The summed E-state index contributed by atoms with van der Waals surface area (Å²) in [4.78, 5) is 36.0. The Bertz CT molecular complexity index is 1130. The third kappa shape index (κ3) is 4.48. The van der Waals surface area contributed by atoms with Crippen molar-refractivity contribution in [1.29, 1.82) is 0 Å². The predicted molar refractivity (Wildman–Crippen MR) is 103 cm³/mol. The topological polar surface area (TPSA) is 83.2 Å². The smallest absolute Gasteiger partial charge is 0.359 e. The lowest BCUT2D eigenvalue weighted by atomic mass is 10.1. The molecule has 0 bridgehead atoms. The zero-order chi connectivity index (χ0) is 21.1. The first kappa shape index (κ1) is 20.2. The van der Waals surface area contributed by atoms with Crippen LogP contribution in [0.25, 0.3) is 0 Å². The summed E-state index contributed by atoms with van der Waals surface area (Å²) in [5.74, 6) is -1.43. The van der Waals surface area contributed by atoms with Crippen LogP contribution in [-0.2, 0) is 18.3 Å². The molecule has 8 heteroatoms. The zero-order valence-corrected chi connectivity index (χ0v) is 16.3. The van der Waals surface area contributed by atoms with Gasteiger partial charge in [-0.05, 0) is 43.7 Å². The molecule has 0 saturated carbocycles. The number of rotatable bonds is 6. The van der Waals surface area contributed by atoms with Gasteiger partial charge in [0.05, 0.1) is 0 Å². The highest BCUT2D eigenvalue weighted by atomic mass is 19.1. The second kappa shape index (κ2) is 8.22. The number of ether oxygens (including phenoxy) is 1. The summed E-state index contributed by atoms with van der Waals surface area (Å²) in [7, 11) is 1.42. The van der Waals surface area contributed by atoms with Crippen LogP contribution in [0.3, 0.4) is 0 Å². The molecule has 3 rings (SSSR count). The minimum Gasteiger partial charge on any atom is -0.453 e. The van der Waals surface area contributed by atoms with E-state index in [1.807, 2.05) is 11.5 Å². The van der Waals surface area contributed by atoms with E-state index < -0.39 is 12.6 Å². The molecule has 0 aliphatic rings. The second-order valence-corrected chi connectivity index (χ2v) is 6.68. The number of carbonyl (C=O) groups excluding carboxylic acids is 2. The molecule has 7 nitrogen and oxygen atoms in total. The molecule has 29 heavy (non-hydrogen) atoms. The number of aryl methyl sites for hydroxylation is 2. The maximum absolute atomic E-state index is 13.1. The van der Waals surface area contributed by atoms with Crippen molar-refractivity contribution >= 4 is 11.8 Å². The van der Waals surface area contributed by atoms with Crippen molar-refractivity contribution in [3.63, 3.8) is 0 Å². The number of benzene rings is 1. The van der Waals surface area contributed by atoms with E-state index in [1.54, 1.807) is 25.1 Å². The van der Waals surface area contributed by atoms with Gasteiger partial charge in [0.1, 0.15) is 5.82 Å². The number of esters is 1. The molecule has 150 valence electrons. The van der Waals surface area contributed by atoms with E-state index in [2.05, 4.69) is 5.10 Å². The molecule has 2 aromatic heterocycles. The summed E-state index contributed by atoms with van der Waals surface area (Å²) < 4.78 is 21.1. The SMILES string of the molecule is Cc1cc(C(=O)COC(=O)c2ccc(=O)n(C)n2)c(C)n1Cc1ccc(F)cc1. The maximum atomic E-state index is 13.1. The molecule has 0 aliphatic heterocycles. The molecule has 0 atom stereocenters. The van der Waals surface area contributed by atoms with Gasteiger partial charge in [0, 0.05) is 36.6 Å². The number of Topliss-reactive ketones (excluding diaryl/α,β-unsaturated/α-hetero) is 1. The summed E-state index contributed by atoms with van der Waals surface area (Å²) in [5.41, 5.74) is 2.53. The number of ketones is 1. The number of hydrogen-bond acceptors (Lipinski definition) is 5. The van der Waals surface area contributed by atoms with Gasteiger partial charge < -0.3 is 9.30 Å². The largest absolute Gasteiger partial charge is 0.453 e. The fraction of sp³-hybridized carbons (Fsp3) is 0.238. The highest BCUT2D eigenvalue weighted by molar-refractivity contribution is 6.00. The molecule has 0 radical (unpaired) electrons. The van der Waals surface area contributed by atoms with Crippen LogP contribution >= 0.6 is 0 Å². The lowest BCUT2D eigenvalue weighted by molar-refractivity contribution is 0.0466. The Morgan fingerprint density at radius 3 is 2.45 bits per heavy atom. The van der Waals surface area contributed by atoms with Gasteiger partial charge in [-0.2, -0.15) is 5.10 Å². The second-order valence-electron chi connectivity index (χ2n) is 6.68. The summed E-state index contributed by atoms with van der Waals surface area (Å²) in [5, 5.41) is 3.80. The van der Waals surface area contributed by atoms with Gasteiger partial charge in [-0.15, -0.1) is 0 Å². The third-order valence-electron chi connectivity index (χ3n) is 4.63. The van der Waals surface area contributed by atoms with Crippen molar-refractivity contribution in [2.24, 2.45) is 7.05 Å². The van der Waals surface area contributed by atoms with Gasteiger partial charge in [0.2, 0.25) is 5.78 Å². The number of nitrogens with zero attached hydrogens (tertiary/aromatic N) is 3. The quantitative estimate of drug-likeness (QED) is 0.471. The van der Waals surface area contributed by atoms with Gasteiger partial charge in [-0.3, -0.25) is 9.59 Å². The normalized spacial score (nSPS) is 10.8. The van der Waals surface area contributed by atoms with Gasteiger partial charge in [-0.25, -0.2) is 13.9 Å². The molecular formula is C21H20FN3O4. The van der Waals surface area contributed by atoms with E-state index in [4.69, 9.17) is 4.74 Å². The average molecular weight is 397 g/mol. The van der Waals surface area contributed by atoms with Crippen molar-refractivity contribution in [1.82, 2.24) is 14.3 Å². The molecule has 0 N–H and O–H groups in total. The average Bonchev–Trinajstić information content (AvgIpc) is 2.98. The lowest BCUT2D eigenvalue weighted by Crippen LogP contribution is -2.23. The van der Waals surface area contributed by atoms with E-state index in [1.165, 1.54) is 31.3 Å². The number of aromatic nitrogens is 3. The van der Waals surface area contributed by atoms with Gasteiger partial charge in [-0.1, -0.05) is 12.1 Å². The highest BCUT2D eigenvalue weighted by Gasteiger charge is 2.19. The van der Waals surface area contributed by atoms with Gasteiger partial charge in [0.25, 0.3) is 5.56 Å². The Morgan fingerprint density at radius 2 is 1.79 bits per heavy atom. The first-order valence-corrected chi connectivity index (χ1v) is 8.92. The van der Waals surface area contributed by atoms with Crippen LogP contribution in [0, 0.1) is 19.7 Å². The first-order valence-electron chi connectivity index (χ1n) is 8.92. The lowest BCUT2D eigenvalue weighted by Gasteiger charge is -2.10. The molecule has 0 spiro atoms. The van der Waals surface area contributed by atoms with Crippen LogP contribution in [0.2, 0.25) is 0 Å². The van der Waals surface area contributed by atoms with Crippen LogP contribution in [-0.4, -0.2) is 32.7 Å². The molecule has 0 saturated heterocycles. The fourth-order valence-electron chi connectivity index (χ4n) is 2.99. The van der Waals surface area contributed by atoms with Crippen molar-refractivity contribution < 1.29 is 18.7 Å². The number of hydrogen-bond donors (Lipinski definition) is 0. The minimum absolute atomic E-state index is 0.0540. The zero-order valence-electron chi connectivity index (χ0n) is 16.3. The molecular weight excluding hydrogens is 377 g/mol. The van der Waals surface area contributed by atoms with Crippen LogP contribution in [0.5, 0.6) is 0 Å². The Hall–Kier alpha value is -3.55. The van der Waals surface area contributed by atoms with Crippen LogP contribution in [0.15, 0.2) is 47.3 Å². The maximum Gasteiger partial charge on any atom is 0.359 e. The van der Waals surface area contributed by atoms with Crippen molar-refractivity contribution in [2.75, 3.05) is 6.61 Å². The number of carbonyl (C=O) groups is 2. The van der Waals surface area contributed by atoms with Crippen LogP contribution < -0.4 is 5.56 Å². The fourth-order valence-corrected chi connectivity index (χ4v) is 2.99. The first-order chi connectivity index (χ1) is 13.8. The molecule has 1 aromatic carbocycles. The molecule has 2 heterocycles. The summed E-state index contributed by atoms with van der Waals surface area (Å²) in [6.07, 6.45) is 0. The van der Waals surface area contributed by atoms with E-state index in [0.29, 0.717) is 12.1 Å². The highest BCUT2D eigenvalue weighted by Crippen LogP contribution is 2.18. The van der Waals surface area contributed by atoms with Crippen LogP contribution in [0.4, 0.5) is 4.39 Å². The molecule has 3 aromatic rings. The van der Waals surface area contributed by atoms with Crippen LogP contribution in [0.1, 0.15) is 37.8 Å². The summed E-state index contributed by atoms with van der Waals surface area (Å²) in [6, 6.07) is 10.4. The minimum atomic E-state index is -0.783. The van der Waals surface area contributed by atoms with Crippen molar-refractivity contribution in [2.45, 2.75) is 20.4 Å². The van der Waals surface area contributed by atoms with E-state index in [-0.39, 0.29) is 22.9 Å². The standard InChI is InChI=1S/C21H20FN3O4/c1-13-10-17(14(2)25(13)11-15-4-6-16(22)7-5-15)19(26)12-29-21(28)18-8-9-20(27)24(3)23-18/h4-10H,11-12H2,1-3H3. The van der Waals surface area contributed by atoms with E-state index in [9.17, 15) is 18.8 Å². The monoisotopic (exact) mass is 397 g/mol. The Balaban J connectivity index is 1.71. The van der Waals surface area contributed by atoms with Gasteiger partial charge >= 0.3 is 5.97 Å². The summed E-state index contributed by atoms with van der Waals surface area (Å²) >= 11 is 0. The molecule has 0 amide bonds. The Kier molecular flexibility index (Phi) is 5.72. The van der Waals surface area contributed by atoms with Crippen molar-refractivity contribution in [3.8, 4) is 0 Å². The van der Waals surface area contributed by atoms with Gasteiger partial charge in [0.15, 0.2) is 12.3 Å². The van der Waals surface area contributed by atoms with Crippen molar-refractivity contribution in [3.05, 3.63) is 86.8 Å².